The molecule has 3 aliphatic rings. The van der Waals surface area contributed by atoms with Crippen molar-refractivity contribution < 1.29 is 0 Å². The minimum absolute atomic E-state index is 0.00616. The third-order valence-electron chi connectivity index (χ3n) is 10.4. The molecule has 2 aliphatic carbocycles. The monoisotopic (exact) mass is 599 g/mol. The lowest BCUT2D eigenvalue weighted by Gasteiger charge is -2.33. The normalized spacial score (nSPS) is 21.1. The molecule has 228 valence electrons. The molecule has 4 aromatic carbocycles. The molecule has 0 saturated carbocycles. The molecule has 4 unspecified atom stereocenters. The number of benzene rings is 4. The van der Waals surface area contributed by atoms with E-state index in [4.69, 9.17) is 4.99 Å². The predicted octanol–water partition coefficient (Wildman–Crippen LogP) is 11.0. The zero-order valence-corrected chi connectivity index (χ0v) is 27.6. The van der Waals surface area contributed by atoms with E-state index in [2.05, 4.69) is 149 Å². The van der Waals surface area contributed by atoms with E-state index in [0.29, 0.717) is 0 Å². The zero-order chi connectivity index (χ0) is 31.8. The summed E-state index contributed by atoms with van der Waals surface area (Å²) in [7, 11) is 0. The molecule has 1 aromatic heterocycles. The van der Waals surface area contributed by atoms with E-state index in [9.17, 15) is 0 Å². The number of hydrogen-bond donors (Lipinski definition) is 0. The van der Waals surface area contributed by atoms with Gasteiger partial charge in [-0.15, -0.1) is 0 Å². The molecular weight excluding hydrogens is 558 g/mol. The van der Waals surface area contributed by atoms with Crippen molar-refractivity contribution in [2.45, 2.75) is 65.3 Å². The van der Waals surface area contributed by atoms with Crippen molar-refractivity contribution >= 4 is 12.6 Å². The summed E-state index contributed by atoms with van der Waals surface area (Å²) >= 11 is 0. The van der Waals surface area contributed by atoms with Crippen molar-refractivity contribution in [3.63, 3.8) is 0 Å². The number of aliphatic imine (C=N–C) groups is 2. The van der Waals surface area contributed by atoms with E-state index in [0.717, 1.165) is 0 Å². The van der Waals surface area contributed by atoms with Gasteiger partial charge < -0.3 is 0 Å². The Bertz CT molecular complexity index is 2050. The molecule has 0 spiro atoms. The van der Waals surface area contributed by atoms with Crippen LogP contribution in [-0.2, 0) is 0 Å². The highest BCUT2D eigenvalue weighted by atomic mass is 14.9. The summed E-state index contributed by atoms with van der Waals surface area (Å²) in [5.41, 5.74) is 15.7. The Morgan fingerprint density at radius 1 is 0.522 bits per heavy atom. The number of aromatic nitrogens is 1. The Labute approximate surface area is 273 Å². The Morgan fingerprint density at radius 3 is 1.89 bits per heavy atom. The highest BCUT2D eigenvalue weighted by molar-refractivity contribution is 5.91. The van der Waals surface area contributed by atoms with Gasteiger partial charge in [0.25, 0.3) is 0 Å². The van der Waals surface area contributed by atoms with Crippen molar-refractivity contribution in [3.8, 4) is 33.4 Å². The van der Waals surface area contributed by atoms with E-state index in [-0.39, 0.29) is 34.6 Å². The van der Waals surface area contributed by atoms with E-state index < -0.39 is 0 Å². The number of rotatable bonds is 1. The quantitative estimate of drug-likeness (QED) is 0.189. The molecule has 0 fully saturated rings. The third kappa shape index (κ3) is 4.51. The molecule has 4 atom stereocenters. The van der Waals surface area contributed by atoms with Gasteiger partial charge in [0.1, 0.15) is 6.34 Å². The lowest BCUT2D eigenvalue weighted by molar-refractivity contribution is 0.357. The fourth-order valence-corrected chi connectivity index (χ4v) is 8.55. The van der Waals surface area contributed by atoms with Gasteiger partial charge in [0, 0.05) is 41.9 Å². The Kier molecular flexibility index (Phi) is 6.55. The second-order valence-corrected chi connectivity index (χ2v) is 15.4. The van der Waals surface area contributed by atoms with E-state index in [1.54, 1.807) is 6.34 Å². The first-order valence-electron chi connectivity index (χ1n) is 16.6. The van der Waals surface area contributed by atoms with Crippen molar-refractivity contribution in [3.05, 3.63) is 137 Å². The van der Waals surface area contributed by atoms with Gasteiger partial charge in [-0.25, -0.2) is 4.99 Å². The molecule has 1 aliphatic heterocycles. The predicted molar refractivity (Wildman–Crippen MR) is 192 cm³/mol. The molecule has 3 nitrogen and oxygen atoms in total. The van der Waals surface area contributed by atoms with Gasteiger partial charge in [-0.1, -0.05) is 114 Å². The second kappa shape index (κ2) is 10.5. The molecule has 0 bridgehead atoms. The fourth-order valence-electron chi connectivity index (χ4n) is 8.55. The summed E-state index contributed by atoms with van der Waals surface area (Å²) in [4.78, 5) is 14.2. The van der Waals surface area contributed by atoms with Crippen molar-refractivity contribution in [1.29, 1.82) is 0 Å². The van der Waals surface area contributed by atoms with Gasteiger partial charge in [-0.2, -0.15) is 0 Å². The number of nitrogens with zero attached hydrogens (tertiary/aromatic N) is 3. The van der Waals surface area contributed by atoms with Gasteiger partial charge in [0.2, 0.25) is 0 Å². The Morgan fingerprint density at radius 2 is 1.13 bits per heavy atom. The lowest BCUT2D eigenvalue weighted by atomic mass is 9.70. The SMILES string of the molecule is CC(C)(C)C1c2ccccc2-c2cnccc2-c2cc(-c3ccc4c(c3)C3N=CN=CC3c3ccccc3C4C(C)(C)C)ccc21. The lowest BCUT2D eigenvalue weighted by Crippen LogP contribution is -2.21. The molecule has 2 heterocycles. The van der Waals surface area contributed by atoms with Crippen LogP contribution in [0.4, 0.5) is 0 Å². The van der Waals surface area contributed by atoms with Crippen molar-refractivity contribution in [1.82, 2.24) is 4.98 Å². The molecule has 5 aromatic rings. The summed E-state index contributed by atoms with van der Waals surface area (Å²) in [6.07, 6.45) is 7.83. The Hall–Kier alpha value is -4.63. The topological polar surface area (TPSA) is 37.6 Å². The van der Waals surface area contributed by atoms with Crippen LogP contribution in [0, 0.1) is 10.8 Å². The van der Waals surface area contributed by atoms with Gasteiger partial charge in [-0.3, -0.25) is 9.98 Å². The highest BCUT2D eigenvalue weighted by Gasteiger charge is 2.40. The van der Waals surface area contributed by atoms with Crippen LogP contribution in [0.2, 0.25) is 0 Å². The maximum absolute atomic E-state index is 5.05. The standard InChI is InChI=1S/C43H41N3/c1-42(2,3)39-31-13-9-7-11-28(31)37-23-44-20-19-30(37)35-21-26(15-17-33(35)39)27-16-18-34-36(22-27)41-38(24-45-25-46-41)29-12-8-10-14-32(29)40(34)43(4,5)6/h7-25,38-41H,1-6H3. The van der Waals surface area contributed by atoms with Crippen LogP contribution in [0.1, 0.15) is 98.7 Å². The molecule has 46 heavy (non-hydrogen) atoms. The average molecular weight is 600 g/mol. The van der Waals surface area contributed by atoms with Crippen LogP contribution in [0.3, 0.4) is 0 Å². The molecule has 0 radical (unpaired) electrons. The van der Waals surface area contributed by atoms with E-state index >= 15 is 0 Å². The molecule has 0 N–H and O–H groups in total. The maximum atomic E-state index is 5.05. The average Bonchev–Trinajstić information content (AvgIpc) is 3.25. The summed E-state index contributed by atoms with van der Waals surface area (Å²) in [6.45, 7) is 14.2. The summed E-state index contributed by atoms with van der Waals surface area (Å²) < 4.78 is 0. The summed E-state index contributed by atoms with van der Waals surface area (Å²) in [5, 5.41) is 0. The number of pyridine rings is 1. The van der Waals surface area contributed by atoms with Crippen LogP contribution in [0.25, 0.3) is 33.4 Å². The smallest absolute Gasteiger partial charge is 0.110 e. The van der Waals surface area contributed by atoms with Crippen molar-refractivity contribution in [2.24, 2.45) is 20.8 Å². The minimum atomic E-state index is -0.00616. The molecule has 3 heteroatoms. The summed E-state index contributed by atoms with van der Waals surface area (Å²) in [6, 6.07) is 34.4. The number of fused-ring (bicyclic) bond motifs is 10. The van der Waals surface area contributed by atoms with Crippen LogP contribution >= 0.6 is 0 Å². The highest BCUT2D eigenvalue weighted by Crippen LogP contribution is 2.54. The second-order valence-electron chi connectivity index (χ2n) is 15.4. The van der Waals surface area contributed by atoms with Crippen molar-refractivity contribution in [2.75, 3.05) is 0 Å². The molecular formula is C43H41N3. The molecule has 0 amide bonds. The van der Waals surface area contributed by atoms with E-state index in [1.165, 1.54) is 66.8 Å². The van der Waals surface area contributed by atoms with Gasteiger partial charge in [0.15, 0.2) is 0 Å². The minimum Gasteiger partial charge on any atom is -0.264 e. The van der Waals surface area contributed by atoms with Gasteiger partial charge in [0.05, 0.1) is 6.04 Å². The van der Waals surface area contributed by atoms with Gasteiger partial charge >= 0.3 is 0 Å². The van der Waals surface area contributed by atoms with Crippen LogP contribution in [0.15, 0.2) is 113 Å². The first kappa shape index (κ1) is 28.8. The maximum Gasteiger partial charge on any atom is 0.110 e. The number of hydrogen-bond acceptors (Lipinski definition) is 3. The van der Waals surface area contributed by atoms with Gasteiger partial charge in [-0.05, 0) is 90.2 Å². The first-order chi connectivity index (χ1) is 22.1. The Balaban J connectivity index is 1.34. The van der Waals surface area contributed by atoms with Crippen LogP contribution in [0.5, 0.6) is 0 Å². The molecule has 0 saturated heterocycles. The third-order valence-corrected chi connectivity index (χ3v) is 10.4. The zero-order valence-electron chi connectivity index (χ0n) is 27.6. The first-order valence-corrected chi connectivity index (χ1v) is 16.6. The van der Waals surface area contributed by atoms with E-state index in [1.807, 2.05) is 12.4 Å². The van der Waals surface area contributed by atoms with Crippen LogP contribution in [-0.4, -0.2) is 17.5 Å². The summed E-state index contributed by atoms with van der Waals surface area (Å²) in [5.74, 6) is 0.606. The fraction of sp³-hybridized carbons (Fsp3) is 0.279. The molecule has 8 rings (SSSR count). The van der Waals surface area contributed by atoms with Crippen LogP contribution < -0.4 is 0 Å². The largest absolute Gasteiger partial charge is 0.264 e.